The van der Waals surface area contributed by atoms with Crippen molar-refractivity contribution in [2.24, 2.45) is 11.8 Å². The van der Waals surface area contributed by atoms with E-state index < -0.39 is 0 Å². The summed E-state index contributed by atoms with van der Waals surface area (Å²) in [5.74, 6) is 2.34. The van der Waals surface area contributed by atoms with Crippen molar-refractivity contribution in [2.45, 2.75) is 39.3 Å². The van der Waals surface area contributed by atoms with E-state index >= 15 is 0 Å². The molecule has 2 fully saturated rings. The van der Waals surface area contributed by atoms with Gasteiger partial charge in [-0.3, -0.25) is 14.9 Å². The van der Waals surface area contributed by atoms with Crippen LogP contribution in [0.3, 0.4) is 0 Å². The molecule has 0 N–H and O–H groups in total. The molecule has 0 unspecified atom stereocenters. The minimum atomic E-state index is 0.327. The molecule has 2 aliphatic rings. The molecule has 0 amide bonds. The second-order valence-corrected chi connectivity index (χ2v) is 7.21. The maximum absolute atomic E-state index is 6.33. The van der Waals surface area contributed by atoms with E-state index in [9.17, 15) is 0 Å². The standard InChI is InChI=1S/C20H25N3O/c1-14-5-3-6-17(22-14)12-23-11-16-8-9-20(18(16)13-23)24-19-7-4-10-21-15(19)2/h3-7,10,16,18,20H,8-9,11-13H2,1-2H3/t16-,18+,20-/m1/s1. The van der Waals surface area contributed by atoms with Crippen molar-refractivity contribution >= 4 is 0 Å². The van der Waals surface area contributed by atoms with Crippen LogP contribution < -0.4 is 4.74 Å². The van der Waals surface area contributed by atoms with Crippen molar-refractivity contribution < 1.29 is 4.74 Å². The molecule has 2 aromatic rings. The molecule has 24 heavy (non-hydrogen) atoms. The maximum Gasteiger partial charge on any atom is 0.140 e. The lowest BCUT2D eigenvalue weighted by molar-refractivity contribution is 0.146. The highest BCUT2D eigenvalue weighted by Crippen LogP contribution is 2.40. The van der Waals surface area contributed by atoms with Crippen LogP contribution in [0, 0.1) is 25.7 Å². The molecule has 0 aromatic carbocycles. The first-order chi connectivity index (χ1) is 11.7. The van der Waals surface area contributed by atoms with Crippen LogP contribution in [-0.2, 0) is 6.54 Å². The summed E-state index contributed by atoms with van der Waals surface area (Å²) in [4.78, 5) is 11.5. The first kappa shape index (κ1) is 15.6. The zero-order chi connectivity index (χ0) is 16.5. The number of ether oxygens (including phenoxy) is 1. The number of aromatic nitrogens is 2. The number of pyridine rings is 2. The van der Waals surface area contributed by atoms with Crippen LogP contribution in [-0.4, -0.2) is 34.1 Å². The summed E-state index contributed by atoms with van der Waals surface area (Å²) in [6.45, 7) is 7.32. The molecule has 0 bridgehead atoms. The second-order valence-electron chi connectivity index (χ2n) is 7.21. The SMILES string of the molecule is Cc1cccc(CN2C[C@H]3CC[C@@H](Oc4cccnc4C)[C@H]3C2)n1. The molecule has 2 aromatic heterocycles. The Morgan fingerprint density at radius 3 is 2.88 bits per heavy atom. The van der Waals surface area contributed by atoms with Crippen LogP contribution in [0.15, 0.2) is 36.5 Å². The van der Waals surface area contributed by atoms with Gasteiger partial charge in [-0.25, -0.2) is 0 Å². The Bertz CT molecular complexity index is 718. The minimum Gasteiger partial charge on any atom is -0.488 e. The van der Waals surface area contributed by atoms with E-state index in [0.717, 1.165) is 36.1 Å². The molecule has 126 valence electrons. The van der Waals surface area contributed by atoms with E-state index in [0.29, 0.717) is 12.0 Å². The lowest BCUT2D eigenvalue weighted by Crippen LogP contribution is -2.28. The number of fused-ring (bicyclic) bond motifs is 1. The van der Waals surface area contributed by atoms with Gasteiger partial charge in [-0.15, -0.1) is 0 Å². The van der Waals surface area contributed by atoms with Gasteiger partial charge < -0.3 is 4.74 Å². The predicted octanol–water partition coefficient (Wildman–Crippen LogP) is 3.38. The van der Waals surface area contributed by atoms with E-state index in [1.807, 2.05) is 25.3 Å². The molecule has 1 saturated carbocycles. The highest BCUT2D eigenvalue weighted by molar-refractivity contribution is 5.26. The van der Waals surface area contributed by atoms with E-state index in [4.69, 9.17) is 4.74 Å². The minimum absolute atomic E-state index is 0.327. The van der Waals surface area contributed by atoms with Crippen molar-refractivity contribution in [1.82, 2.24) is 14.9 Å². The molecule has 4 rings (SSSR count). The zero-order valence-corrected chi connectivity index (χ0v) is 14.5. The van der Waals surface area contributed by atoms with Gasteiger partial charge in [0.05, 0.1) is 11.4 Å². The van der Waals surface area contributed by atoms with E-state index in [-0.39, 0.29) is 0 Å². The summed E-state index contributed by atoms with van der Waals surface area (Å²) < 4.78 is 6.33. The fourth-order valence-corrected chi connectivity index (χ4v) is 4.26. The average Bonchev–Trinajstić information content (AvgIpc) is 3.11. The predicted molar refractivity (Wildman–Crippen MR) is 93.9 cm³/mol. The highest BCUT2D eigenvalue weighted by atomic mass is 16.5. The Hall–Kier alpha value is -1.94. The van der Waals surface area contributed by atoms with Gasteiger partial charge in [0.15, 0.2) is 0 Å². The Morgan fingerprint density at radius 2 is 2.04 bits per heavy atom. The van der Waals surface area contributed by atoms with Gasteiger partial charge in [-0.05, 0) is 56.9 Å². The monoisotopic (exact) mass is 323 g/mol. The third-order valence-electron chi connectivity index (χ3n) is 5.44. The molecule has 1 saturated heterocycles. The molecule has 1 aliphatic carbocycles. The van der Waals surface area contributed by atoms with Crippen LogP contribution in [0.4, 0.5) is 0 Å². The quantitative estimate of drug-likeness (QED) is 0.864. The highest BCUT2D eigenvalue weighted by Gasteiger charge is 2.43. The largest absolute Gasteiger partial charge is 0.488 e. The number of hydrogen-bond donors (Lipinski definition) is 0. The van der Waals surface area contributed by atoms with Gasteiger partial charge in [-0.2, -0.15) is 0 Å². The Kier molecular flexibility index (Phi) is 4.23. The number of rotatable bonds is 4. The molecular weight excluding hydrogens is 298 g/mol. The maximum atomic E-state index is 6.33. The van der Waals surface area contributed by atoms with Gasteiger partial charge in [0.2, 0.25) is 0 Å². The van der Waals surface area contributed by atoms with E-state index in [1.54, 1.807) is 0 Å². The normalized spacial score (nSPS) is 26.5. The smallest absolute Gasteiger partial charge is 0.140 e. The van der Waals surface area contributed by atoms with Gasteiger partial charge in [-0.1, -0.05) is 6.07 Å². The number of nitrogens with zero attached hydrogens (tertiary/aromatic N) is 3. The fourth-order valence-electron chi connectivity index (χ4n) is 4.26. The first-order valence-corrected chi connectivity index (χ1v) is 8.92. The Morgan fingerprint density at radius 1 is 1.12 bits per heavy atom. The van der Waals surface area contributed by atoms with Crippen molar-refractivity contribution in [1.29, 1.82) is 0 Å². The van der Waals surface area contributed by atoms with E-state index in [1.165, 1.54) is 25.1 Å². The van der Waals surface area contributed by atoms with Crippen molar-refractivity contribution in [3.8, 4) is 5.75 Å². The molecular formula is C20H25N3O. The number of aryl methyl sites for hydroxylation is 2. The summed E-state index contributed by atoms with van der Waals surface area (Å²) in [5.41, 5.74) is 3.26. The second kappa shape index (κ2) is 6.52. The third-order valence-corrected chi connectivity index (χ3v) is 5.44. The van der Waals surface area contributed by atoms with Crippen LogP contribution in [0.25, 0.3) is 0 Å². The van der Waals surface area contributed by atoms with Crippen LogP contribution in [0.5, 0.6) is 5.75 Å². The summed E-state index contributed by atoms with van der Waals surface area (Å²) in [6, 6.07) is 10.3. The molecule has 0 spiro atoms. The summed E-state index contributed by atoms with van der Waals surface area (Å²) in [6.07, 6.45) is 4.59. The lowest BCUT2D eigenvalue weighted by atomic mass is 9.99. The molecule has 3 heterocycles. The summed E-state index contributed by atoms with van der Waals surface area (Å²) in [7, 11) is 0. The van der Waals surface area contributed by atoms with Crippen molar-refractivity contribution in [3.05, 3.63) is 53.6 Å². The van der Waals surface area contributed by atoms with Gasteiger partial charge in [0.1, 0.15) is 11.9 Å². The molecule has 1 aliphatic heterocycles. The lowest BCUT2D eigenvalue weighted by Gasteiger charge is -2.22. The fraction of sp³-hybridized carbons (Fsp3) is 0.500. The summed E-state index contributed by atoms with van der Waals surface area (Å²) in [5, 5.41) is 0. The molecule has 3 atom stereocenters. The molecule has 4 heteroatoms. The number of likely N-dealkylation sites (tertiary alicyclic amines) is 1. The molecule has 4 nitrogen and oxygen atoms in total. The Labute approximate surface area is 143 Å². The molecule has 0 radical (unpaired) electrons. The van der Waals surface area contributed by atoms with Crippen molar-refractivity contribution in [3.63, 3.8) is 0 Å². The van der Waals surface area contributed by atoms with Crippen LogP contribution in [0.1, 0.15) is 29.9 Å². The number of hydrogen-bond acceptors (Lipinski definition) is 4. The van der Waals surface area contributed by atoms with Crippen molar-refractivity contribution in [2.75, 3.05) is 13.1 Å². The average molecular weight is 323 g/mol. The zero-order valence-electron chi connectivity index (χ0n) is 14.5. The van der Waals surface area contributed by atoms with Crippen LogP contribution >= 0.6 is 0 Å². The van der Waals surface area contributed by atoms with Gasteiger partial charge in [0.25, 0.3) is 0 Å². The van der Waals surface area contributed by atoms with Crippen LogP contribution in [0.2, 0.25) is 0 Å². The van der Waals surface area contributed by atoms with E-state index in [2.05, 4.69) is 40.0 Å². The van der Waals surface area contributed by atoms with Gasteiger partial charge >= 0.3 is 0 Å². The topological polar surface area (TPSA) is 38.2 Å². The van der Waals surface area contributed by atoms with Gasteiger partial charge in [0, 0.05) is 37.4 Å². The third kappa shape index (κ3) is 3.16. The Balaban J connectivity index is 1.41. The first-order valence-electron chi connectivity index (χ1n) is 8.92. The summed E-state index contributed by atoms with van der Waals surface area (Å²) >= 11 is 0.